The number of hydrogen-bond donors (Lipinski definition) is 1. The van der Waals surface area contributed by atoms with Gasteiger partial charge in [0.15, 0.2) is 0 Å². The normalized spacial score (nSPS) is 23.9. The monoisotopic (exact) mass is 260 g/mol. The van der Waals surface area contributed by atoms with Gasteiger partial charge >= 0.3 is 0 Å². The Morgan fingerprint density at radius 2 is 2.11 bits per heavy atom. The van der Waals surface area contributed by atoms with Crippen molar-refractivity contribution < 1.29 is 4.74 Å². The van der Waals surface area contributed by atoms with Gasteiger partial charge in [-0.1, -0.05) is 6.07 Å². The van der Waals surface area contributed by atoms with E-state index < -0.39 is 0 Å². The second kappa shape index (κ2) is 5.41. The van der Waals surface area contributed by atoms with E-state index in [2.05, 4.69) is 42.3 Å². The average Bonchev–Trinajstić information content (AvgIpc) is 2.39. The van der Waals surface area contributed by atoms with Gasteiger partial charge in [-0.2, -0.15) is 0 Å². The number of fused-ring (bicyclic) bond motifs is 1. The van der Waals surface area contributed by atoms with Crippen molar-refractivity contribution in [2.45, 2.75) is 32.8 Å². The standard InChI is InChI=1S/C16H24N2O/c1-12-3-4-15-16(9-12)19-13(2)10-18(15)11-14-5-7-17-8-6-14/h3-4,9,13-14,17H,5-8,10-11H2,1-2H3. The van der Waals surface area contributed by atoms with E-state index in [0.717, 1.165) is 18.2 Å². The van der Waals surface area contributed by atoms with Gasteiger partial charge in [-0.25, -0.2) is 0 Å². The molecular weight excluding hydrogens is 236 g/mol. The predicted molar refractivity (Wildman–Crippen MR) is 79.1 cm³/mol. The van der Waals surface area contributed by atoms with Crippen molar-refractivity contribution in [2.24, 2.45) is 5.92 Å². The van der Waals surface area contributed by atoms with Gasteiger partial charge in [-0.3, -0.25) is 0 Å². The summed E-state index contributed by atoms with van der Waals surface area (Å²) in [6.45, 7) is 8.82. The summed E-state index contributed by atoms with van der Waals surface area (Å²) in [7, 11) is 0. The van der Waals surface area contributed by atoms with E-state index in [1.54, 1.807) is 0 Å². The van der Waals surface area contributed by atoms with Gasteiger partial charge in [0.1, 0.15) is 11.9 Å². The minimum atomic E-state index is 0.288. The lowest BCUT2D eigenvalue weighted by molar-refractivity contribution is 0.208. The maximum Gasteiger partial charge on any atom is 0.143 e. The van der Waals surface area contributed by atoms with Crippen LogP contribution in [0.15, 0.2) is 18.2 Å². The van der Waals surface area contributed by atoms with Crippen LogP contribution in [0.5, 0.6) is 5.75 Å². The molecule has 0 bridgehead atoms. The van der Waals surface area contributed by atoms with Crippen molar-refractivity contribution in [3.63, 3.8) is 0 Å². The highest BCUT2D eigenvalue weighted by Gasteiger charge is 2.25. The van der Waals surface area contributed by atoms with E-state index in [4.69, 9.17) is 4.74 Å². The maximum atomic E-state index is 5.98. The zero-order chi connectivity index (χ0) is 13.2. The highest BCUT2D eigenvalue weighted by molar-refractivity contribution is 5.61. The molecule has 1 aromatic rings. The van der Waals surface area contributed by atoms with Crippen LogP contribution in [-0.2, 0) is 0 Å². The van der Waals surface area contributed by atoms with Crippen molar-refractivity contribution in [3.05, 3.63) is 23.8 Å². The summed E-state index contributed by atoms with van der Waals surface area (Å²) in [6.07, 6.45) is 2.89. The molecule has 1 unspecified atom stereocenters. The van der Waals surface area contributed by atoms with Crippen molar-refractivity contribution in [2.75, 3.05) is 31.1 Å². The number of nitrogens with zero attached hydrogens (tertiary/aromatic N) is 1. The molecule has 1 N–H and O–H groups in total. The quantitative estimate of drug-likeness (QED) is 0.884. The minimum absolute atomic E-state index is 0.288. The molecule has 3 rings (SSSR count). The first-order valence-electron chi connectivity index (χ1n) is 7.45. The number of rotatable bonds is 2. The highest BCUT2D eigenvalue weighted by Crippen LogP contribution is 2.35. The summed E-state index contributed by atoms with van der Waals surface area (Å²) in [5.74, 6) is 1.88. The van der Waals surface area contributed by atoms with Gasteiger partial charge in [0.2, 0.25) is 0 Å². The summed E-state index contributed by atoms with van der Waals surface area (Å²) in [5.41, 5.74) is 2.55. The summed E-state index contributed by atoms with van der Waals surface area (Å²) in [5, 5.41) is 3.44. The number of anilines is 1. The van der Waals surface area contributed by atoms with Crippen LogP contribution in [-0.4, -0.2) is 32.3 Å². The van der Waals surface area contributed by atoms with Crippen LogP contribution in [0.25, 0.3) is 0 Å². The number of benzene rings is 1. The topological polar surface area (TPSA) is 24.5 Å². The van der Waals surface area contributed by atoms with E-state index >= 15 is 0 Å². The third-order valence-electron chi connectivity index (χ3n) is 4.20. The fourth-order valence-electron chi connectivity index (χ4n) is 3.19. The smallest absolute Gasteiger partial charge is 0.143 e. The lowest BCUT2D eigenvalue weighted by Crippen LogP contribution is -2.43. The Labute approximate surface area is 115 Å². The molecule has 0 saturated carbocycles. The second-order valence-corrected chi connectivity index (χ2v) is 6.00. The summed E-state index contributed by atoms with van der Waals surface area (Å²) in [4.78, 5) is 2.53. The first-order chi connectivity index (χ1) is 9.22. The van der Waals surface area contributed by atoms with Gasteiger partial charge in [-0.15, -0.1) is 0 Å². The Bertz CT molecular complexity index is 440. The van der Waals surface area contributed by atoms with E-state index in [1.807, 2.05) is 0 Å². The largest absolute Gasteiger partial charge is 0.487 e. The Morgan fingerprint density at radius 3 is 2.89 bits per heavy atom. The predicted octanol–water partition coefficient (Wildman–Crippen LogP) is 2.58. The van der Waals surface area contributed by atoms with Gasteiger partial charge < -0.3 is 15.0 Å². The lowest BCUT2D eigenvalue weighted by Gasteiger charge is -2.38. The van der Waals surface area contributed by atoms with E-state index in [9.17, 15) is 0 Å². The Hall–Kier alpha value is -1.22. The van der Waals surface area contributed by atoms with Gasteiger partial charge in [0.25, 0.3) is 0 Å². The molecule has 2 aliphatic heterocycles. The van der Waals surface area contributed by atoms with Crippen LogP contribution in [0.3, 0.4) is 0 Å². The Kier molecular flexibility index (Phi) is 3.65. The van der Waals surface area contributed by atoms with Crippen molar-refractivity contribution in [3.8, 4) is 5.75 Å². The van der Waals surface area contributed by atoms with Crippen LogP contribution < -0.4 is 15.0 Å². The Morgan fingerprint density at radius 1 is 1.32 bits per heavy atom. The van der Waals surface area contributed by atoms with Crippen LogP contribution in [0.2, 0.25) is 0 Å². The van der Waals surface area contributed by atoms with Crippen LogP contribution in [0.4, 0.5) is 5.69 Å². The molecule has 3 heteroatoms. The fraction of sp³-hybridized carbons (Fsp3) is 0.625. The molecule has 0 radical (unpaired) electrons. The van der Waals surface area contributed by atoms with E-state index in [0.29, 0.717) is 0 Å². The van der Waals surface area contributed by atoms with E-state index in [-0.39, 0.29) is 6.10 Å². The number of aryl methyl sites for hydroxylation is 1. The molecule has 0 spiro atoms. The van der Waals surface area contributed by atoms with Crippen LogP contribution >= 0.6 is 0 Å². The van der Waals surface area contributed by atoms with Crippen LogP contribution in [0, 0.1) is 12.8 Å². The van der Waals surface area contributed by atoms with E-state index in [1.165, 1.54) is 43.7 Å². The molecule has 104 valence electrons. The summed E-state index contributed by atoms with van der Waals surface area (Å²) < 4.78 is 5.98. The first-order valence-corrected chi connectivity index (χ1v) is 7.45. The van der Waals surface area contributed by atoms with Gasteiger partial charge in [0.05, 0.1) is 12.2 Å². The zero-order valence-corrected chi connectivity index (χ0v) is 12.0. The van der Waals surface area contributed by atoms with Gasteiger partial charge in [-0.05, 0) is 63.4 Å². The number of nitrogens with one attached hydrogen (secondary N) is 1. The minimum Gasteiger partial charge on any atom is -0.487 e. The number of ether oxygens (including phenoxy) is 1. The number of hydrogen-bond acceptors (Lipinski definition) is 3. The van der Waals surface area contributed by atoms with Crippen molar-refractivity contribution in [1.29, 1.82) is 0 Å². The molecule has 1 fully saturated rings. The zero-order valence-electron chi connectivity index (χ0n) is 12.0. The molecule has 1 aromatic carbocycles. The molecule has 0 amide bonds. The SMILES string of the molecule is Cc1ccc2c(c1)OC(C)CN2CC1CCNCC1. The molecule has 2 aliphatic rings. The van der Waals surface area contributed by atoms with Crippen molar-refractivity contribution >= 4 is 5.69 Å². The molecule has 0 aromatic heterocycles. The first kappa shape index (κ1) is 12.8. The lowest BCUT2D eigenvalue weighted by atomic mass is 9.96. The molecule has 2 heterocycles. The molecule has 0 aliphatic carbocycles. The Balaban J connectivity index is 1.78. The maximum absolute atomic E-state index is 5.98. The average molecular weight is 260 g/mol. The summed E-state index contributed by atoms with van der Waals surface area (Å²) in [6, 6.07) is 6.58. The number of piperidine rings is 1. The fourth-order valence-corrected chi connectivity index (χ4v) is 3.19. The third-order valence-corrected chi connectivity index (χ3v) is 4.20. The molecule has 19 heavy (non-hydrogen) atoms. The second-order valence-electron chi connectivity index (χ2n) is 6.00. The van der Waals surface area contributed by atoms with Crippen molar-refractivity contribution in [1.82, 2.24) is 5.32 Å². The third kappa shape index (κ3) is 2.86. The van der Waals surface area contributed by atoms with Crippen LogP contribution in [0.1, 0.15) is 25.3 Å². The molecule has 3 nitrogen and oxygen atoms in total. The highest BCUT2D eigenvalue weighted by atomic mass is 16.5. The molecular formula is C16H24N2O. The van der Waals surface area contributed by atoms with Gasteiger partial charge in [0, 0.05) is 6.54 Å². The summed E-state index contributed by atoms with van der Waals surface area (Å²) >= 11 is 0. The molecule has 1 atom stereocenters. The molecule has 1 saturated heterocycles.